The van der Waals surface area contributed by atoms with E-state index in [1.807, 2.05) is 6.07 Å². The van der Waals surface area contributed by atoms with Crippen molar-refractivity contribution in [2.24, 2.45) is 0 Å². The number of hydrogen-bond donors (Lipinski definition) is 0. The lowest BCUT2D eigenvalue weighted by Gasteiger charge is -2.35. The van der Waals surface area contributed by atoms with Crippen molar-refractivity contribution in [2.75, 3.05) is 4.90 Å². The molecule has 0 fully saturated rings. The Balaban J connectivity index is 1.18. The molecule has 0 saturated carbocycles. The standard InChI is InChI=1S/C55H35NO/c1-2-17-36(18-3-1)38-19-9-14-29-50(38)56(51-30-16-32-53-54(51)44-25-10-15-31-52(44)57-53)37-33-34-49-45(35-37)43-24-8-13-28-48(43)55(49)46-26-11-6-22-41(46)39-20-4-5-21-40(39)42-23-7-12-27-47(42)55/h1-35H. The maximum absolute atomic E-state index is 6.50. The molecule has 9 aromatic carbocycles. The summed E-state index contributed by atoms with van der Waals surface area (Å²) in [6.07, 6.45) is 0. The highest BCUT2D eigenvalue weighted by atomic mass is 16.3. The van der Waals surface area contributed by atoms with Crippen LogP contribution in [0.2, 0.25) is 0 Å². The molecule has 1 heterocycles. The van der Waals surface area contributed by atoms with Gasteiger partial charge in [0, 0.05) is 16.6 Å². The van der Waals surface area contributed by atoms with Crippen molar-refractivity contribution in [3.05, 3.63) is 235 Å². The zero-order valence-corrected chi connectivity index (χ0v) is 31.1. The molecule has 10 aromatic rings. The average Bonchev–Trinajstić information content (AvgIpc) is 3.78. The zero-order valence-electron chi connectivity index (χ0n) is 31.1. The third-order valence-corrected chi connectivity index (χ3v) is 12.3. The van der Waals surface area contributed by atoms with Crippen molar-refractivity contribution in [2.45, 2.75) is 5.41 Å². The molecule has 266 valence electrons. The van der Waals surface area contributed by atoms with Crippen LogP contribution in [0.1, 0.15) is 22.3 Å². The second-order valence-corrected chi connectivity index (χ2v) is 15.1. The Kier molecular flexibility index (Phi) is 6.88. The molecule has 57 heavy (non-hydrogen) atoms. The van der Waals surface area contributed by atoms with E-state index in [4.69, 9.17) is 4.42 Å². The van der Waals surface area contributed by atoms with Crippen LogP contribution in [0.5, 0.6) is 0 Å². The van der Waals surface area contributed by atoms with E-state index >= 15 is 0 Å². The molecule has 2 aliphatic rings. The first-order valence-corrected chi connectivity index (χ1v) is 19.7. The van der Waals surface area contributed by atoms with Gasteiger partial charge >= 0.3 is 0 Å². The first kappa shape index (κ1) is 31.9. The van der Waals surface area contributed by atoms with Crippen LogP contribution >= 0.6 is 0 Å². The number of rotatable bonds is 4. The molecular formula is C55H35NO. The average molecular weight is 726 g/mol. The summed E-state index contributed by atoms with van der Waals surface area (Å²) in [4.78, 5) is 2.45. The largest absolute Gasteiger partial charge is 0.456 e. The van der Waals surface area contributed by atoms with Gasteiger partial charge in [-0.3, -0.25) is 0 Å². The number of anilines is 3. The van der Waals surface area contributed by atoms with Crippen LogP contribution in [0.4, 0.5) is 17.1 Å². The Morgan fingerprint density at radius 3 is 1.51 bits per heavy atom. The molecule has 12 rings (SSSR count). The number of benzene rings is 9. The minimum Gasteiger partial charge on any atom is -0.456 e. The molecule has 0 aliphatic heterocycles. The fraction of sp³-hybridized carbons (Fsp3) is 0.0182. The van der Waals surface area contributed by atoms with Crippen LogP contribution in [0.3, 0.4) is 0 Å². The van der Waals surface area contributed by atoms with E-state index in [-0.39, 0.29) is 0 Å². The van der Waals surface area contributed by atoms with Crippen molar-refractivity contribution in [1.82, 2.24) is 0 Å². The summed E-state index contributed by atoms with van der Waals surface area (Å²) >= 11 is 0. The van der Waals surface area contributed by atoms with Gasteiger partial charge in [-0.15, -0.1) is 0 Å². The molecule has 0 amide bonds. The highest BCUT2D eigenvalue weighted by molar-refractivity contribution is 6.14. The maximum atomic E-state index is 6.50. The topological polar surface area (TPSA) is 16.4 Å². The number of para-hydroxylation sites is 2. The van der Waals surface area contributed by atoms with E-state index in [1.165, 1.54) is 61.2 Å². The van der Waals surface area contributed by atoms with E-state index < -0.39 is 5.41 Å². The fourth-order valence-corrected chi connectivity index (χ4v) is 10.1. The van der Waals surface area contributed by atoms with Crippen LogP contribution < -0.4 is 4.90 Å². The molecule has 1 aromatic heterocycles. The van der Waals surface area contributed by atoms with E-state index in [9.17, 15) is 0 Å². The molecular weight excluding hydrogens is 691 g/mol. The minimum absolute atomic E-state index is 0.537. The summed E-state index contributed by atoms with van der Waals surface area (Å²) in [5.41, 5.74) is 19.6. The number of hydrogen-bond acceptors (Lipinski definition) is 2. The third-order valence-electron chi connectivity index (χ3n) is 12.3. The minimum atomic E-state index is -0.537. The highest BCUT2D eigenvalue weighted by Crippen LogP contribution is 2.62. The van der Waals surface area contributed by atoms with Crippen LogP contribution in [-0.2, 0) is 5.41 Å². The van der Waals surface area contributed by atoms with E-state index in [2.05, 4.69) is 211 Å². The SMILES string of the molecule is c1ccc(-c2ccccc2N(c2ccc3c(c2)-c2ccccc2C32c3ccccc3-c3ccccc3-c3ccccc32)c2cccc3oc4ccccc4c23)cc1. The molecule has 0 radical (unpaired) electrons. The molecule has 0 N–H and O–H groups in total. The van der Waals surface area contributed by atoms with Gasteiger partial charge in [0.05, 0.1) is 22.2 Å². The van der Waals surface area contributed by atoms with E-state index in [0.29, 0.717) is 0 Å². The van der Waals surface area contributed by atoms with Crippen LogP contribution in [-0.4, -0.2) is 0 Å². The van der Waals surface area contributed by atoms with Gasteiger partial charge in [-0.05, 0) is 97.6 Å². The lowest BCUT2D eigenvalue weighted by atomic mass is 9.66. The summed E-state index contributed by atoms with van der Waals surface area (Å²) in [6, 6.07) is 77.7. The Morgan fingerprint density at radius 2 is 0.825 bits per heavy atom. The first-order valence-electron chi connectivity index (χ1n) is 19.7. The van der Waals surface area contributed by atoms with Crippen molar-refractivity contribution in [3.63, 3.8) is 0 Å². The first-order chi connectivity index (χ1) is 28.3. The van der Waals surface area contributed by atoms with Crippen LogP contribution in [0.15, 0.2) is 217 Å². The number of furan rings is 1. The van der Waals surface area contributed by atoms with Gasteiger partial charge in [0.25, 0.3) is 0 Å². The van der Waals surface area contributed by atoms with Crippen molar-refractivity contribution < 1.29 is 4.42 Å². The zero-order chi connectivity index (χ0) is 37.5. The lowest BCUT2D eigenvalue weighted by Crippen LogP contribution is -2.29. The van der Waals surface area contributed by atoms with Crippen LogP contribution in [0, 0.1) is 0 Å². The van der Waals surface area contributed by atoms with Gasteiger partial charge in [-0.25, -0.2) is 0 Å². The summed E-state index contributed by atoms with van der Waals surface area (Å²) < 4.78 is 6.50. The molecule has 2 aliphatic carbocycles. The van der Waals surface area contributed by atoms with E-state index in [1.54, 1.807) is 0 Å². The molecule has 2 heteroatoms. The molecule has 2 nitrogen and oxygen atoms in total. The molecule has 0 saturated heterocycles. The van der Waals surface area contributed by atoms with Crippen LogP contribution in [0.25, 0.3) is 66.4 Å². The molecule has 0 atom stereocenters. The second kappa shape index (κ2) is 12.3. The summed E-state index contributed by atoms with van der Waals surface area (Å²) in [6.45, 7) is 0. The Morgan fingerprint density at radius 1 is 0.333 bits per heavy atom. The number of fused-ring (bicyclic) bond motifs is 15. The molecule has 1 spiro atoms. The van der Waals surface area contributed by atoms with Gasteiger partial charge in [-0.1, -0.05) is 176 Å². The molecule has 0 bridgehead atoms. The smallest absolute Gasteiger partial charge is 0.137 e. The van der Waals surface area contributed by atoms with E-state index in [0.717, 1.165) is 44.6 Å². The predicted molar refractivity (Wildman–Crippen MR) is 236 cm³/mol. The van der Waals surface area contributed by atoms with Crippen molar-refractivity contribution in [3.8, 4) is 44.5 Å². The highest BCUT2D eigenvalue weighted by Gasteiger charge is 2.49. The van der Waals surface area contributed by atoms with Gasteiger partial charge in [-0.2, -0.15) is 0 Å². The lowest BCUT2D eigenvalue weighted by molar-refractivity contribution is 0.669. The Bertz CT molecular complexity index is 3140. The van der Waals surface area contributed by atoms with Crippen molar-refractivity contribution in [1.29, 1.82) is 0 Å². The third kappa shape index (κ3) is 4.47. The summed E-state index contributed by atoms with van der Waals surface area (Å²) in [5, 5.41) is 2.19. The van der Waals surface area contributed by atoms with Gasteiger partial charge in [0.2, 0.25) is 0 Å². The fourth-order valence-electron chi connectivity index (χ4n) is 10.1. The second-order valence-electron chi connectivity index (χ2n) is 15.1. The van der Waals surface area contributed by atoms with Crippen molar-refractivity contribution >= 4 is 39.0 Å². The maximum Gasteiger partial charge on any atom is 0.137 e. The quantitative estimate of drug-likeness (QED) is 0.180. The normalized spacial score (nSPS) is 13.1. The summed E-state index contributed by atoms with van der Waals surface area (Å²) in [7, 11) is 0. The number of nitrogens with zero attached hydrogens (tertiary/aromatic N) is 1. The Labute approximate surface area is 331 Å². The van der Waals surface area contributed by atoms with Gasteiger partial charge in [0.15, 0.2) is 0 Å². The van der Waals surface area contributed by atoms with Gasteiger partial charge in [0.1, 0.15) is 11.2 Å². The van der Waals surface area contributed by atoms with Gasteiger partial charge < -0.3 is 9.32 Å². The monoisotopic (exact) mass is 725 g/mol. The predicted octanol–water partition coefficient (Wildman–Crippen LogP) is 14.7. The Hall–Kier alpha value is -7.42. The molecule has 0 unspecified atom stereocenters. The summed E-state index contributed by atoms with van der Waals surface area (Å²) in [5.74, 6) is 0.